The fourth-order valence-corrected chi connectivity index (χ4v) is 5.74. The molecular weight excluding hydrogens is 362 g/mol. The molecule has 1 aromatic carbocycles. The van der Waals surface area contributed by atoms with Gasteiger partial charge in [-0.15, -0.1) is 0 Å². The van der Waals surface area contributed by atoms with Crippen molar-refractivity contribution in [1.29, 1.82) is 0 Å². The summed E-state index contributed by atoms with van der Waals surface area (Å²) in [5, 5.41) is 1.37. The van der Waals surface area contributed by atoms with Crippen molar-refractivity contribution in [2.45, 2.75) is 10.8 Å². The number of esters is 1. The highest BCUT2D eigenvalue weighted by atomic mass is 32.2. The molecule has 2 atom stereocenters. The quantitative estimate of drug-likeness (QED) is 0.783. The van der Waals surface area contributed by atoms with E-state index in [9.17, 15) is 13.2 Å². The Hall–Kier alpha value is -1.81. The van der Waals surface area contributed by atoms with Crippen LogP contribution >= 0.6 is 11.5 Å². The fourth-order valence-electron chi connectivity index (χ4n) is 3.13. The topological polar surface area (TPSA) is 103 Å². The molecule has 7 nitrogen and oxygen atoms in total. The van der Waals surface area contributed by atoms with Gasteiger partial charge in [-0.1, -0.05) is 30.3 Å². The van der Waals surface area contributed by atoms with Crippen LogP contribution in [0.1, 0.15) is 22.0 Å². The number of ether oxygens (including phenoxy) is 1. The van der Waals surface area contributed by atoms with Crippen molar-refractivity contribution in [2.75, 3.05) is 26.7 Å². The smallest absolute Gasteiger partial charge is 0.359 e. The molecule has 1 aliphatic heterocycles. The zero-order valence-corrected chi connectivity index (χ0v) is 15.3. The first-order valence-electron chi connectivity index (χ1n) is 7.77. The molecule has 0 unspecified atom stereocenters. The van der Waals surface area contributed by atoms with E-state index in [1.807, 2.05) is 30.3 Å². The summed E-state index contributed by atoms with van der Waals surface area (Å²) in [7, 11) is -2.64. The van der Waals surface area contributed by atoms with Gasteiger partial charge in [-0.3, -0.25) is 0 Å². The number of methoxy groups -OCH3 is 1. The van der Waals surface area contributed by atoms with Gasteiger partial charge >= 0.3 is 5.97 Å². The van der Waals surface area contributed by atoms with Crippen LogP contribution in [0, 0.1) is 5.92 Å². The highest BCUT2D eigenvalue weighted by Crippen LogP contribution is 2.36. The van der Waals surface area contributed by atoms with Crippen LogP contribution in [0.3, 0.4) is 0 Å². The molecule has 9 heteroatoms. The van der Waals surface area contributed by atoms with E-state index in [4.69, 9.17) is 5.73 Å². The van der Waals surface area contributed by atoms with Crippen LogP contribution in [0.4, 0.5) is 0 Å². The van der Waals surface area contributed by atoms with Crippen LogP contribution in [-0.2, 0) is 14.8 Å². The Morgan fingerprint density at radius 3 is 2.72 bits per heavy atom. The maximum atomic E-state index is 13.0. The van der Waals surface area contributed by atoms with E-state index in [-0.39, 0.29) is 22.4 Å². The van der Waals surface area contributed by atoms with Gasteiger partial charge in [0.1, 0.15) is 4.90 Å². The monoisotopic (exact) mass is 381 g/mol. The zero-order chi connectivity index (χ0) is 18.0. The molecule has 134 valence electrons. The molecule has 1 aromatic heterocycles. The number of carbonyl (C=O) groups excluding carboxylic acids is 1. The van der Waals surface area contributed by atoms with Crippen LogP contribution in [0.25, 0.3) is 0 Å². The van der Waals surface area contributed by atoms with Crippen LogP contribution in [-0.4, -0.2) is 49.8 Å². The molecule has 2 heterocycles. The average molecular weight is 381 g/mol. The van der Waals surface area contributed by atoms with E-state index in [1.165, 1.54) is 16.8 Å². The predicted molar refractivity (Wildman–Crippen MR) is 93.9 cm³/mol. The van der Waals surface area contributed by atoms with E-state index in [0.29, 0.717) is 19.6 Å². The Labute approximate surface area is 150 Å². The standard InChI is InChI=1S/C16H19N3O4S2/c1-23-16(20)15-14(10-24-18-15)25(21,22)19-8-12(7-17)13(9-19)11-5-3-2-4-6-11/h2-6,10,12-13H,7-9,17H2,1H3/t12-,13+/m1/s1. The number of rotatable bonds is 5. The summed E-state index contributed by atoms with van der Waals surface area (Å²) in [6, 6.07) is 9.74. The minimum atomic E-state index is -3.84. The van der Waals surface area contributed by atoms with Crippen molar-refractivity contribution >= 4 is 27.5 Å². The molecule has 3 rings (SSSR count). The van der Waals surface area contributed by atoms with Gasteiger partial charge in [-0.25, -0.2) is 13.2 Å². The molecule has 2 aromatic rings. The molecule has 0 radical (unpaired) electrons. The number of hydrogen-bond acceptors (Lipinski definition) is 7. The van der Waals surface area contributed by atoms with Crippen molar-refractivity contribution in [3.05, 3.63) is 47.0 Å². The summed E-state index contributed by atoms with van der Waals surface area (Å²) in [5.41, 5.74) is 6.78. The minimum Gasteiger partial charge on any atom is -0.464 e. The molecule has 1 fully saturated rings. The third kappa shape index (κ3) is 3.32. The van der Waals surface area contributed by atoms with Crippen molar-refractivity contribution in [2.24, 2.45) is 11.7 Å². The third-order valence-corrected chi connectivity index (χ3v) is 7.09. The van der Waals surface area contributed by atoms with Crippen LogP contribution < -0.4 is 5.73 Å². The van der Waals surface area contributed by atoms with Gasteiger partial charge in [0.25, 0.3) is 0 Å². The van der Waals surface area contributed by atoms with Gasteiger partial charge in [-0.05, 0) is 29.6 Å². The SMILES string of the molecule is COC(=O)c1nscc1S(=O)(=O)N1C[C@@H](CN)[C@H](c2ccccc2)C1. The second-order valence-corrected chi connectivity index (χ2v) is 8.39. The zero-order valence-electron chi connectivity index (χ0n) is 13.7. The first-order valence-corrected chi connectivity index (χ1v) is 10.0. The molecule has 0 amide bonds. The number of sulfonamides is 1. The van der Waals surface area contributed by atoms with Gasteiger partial charge in [0.05, 0.1) is 7.11 Å². The highest BCUT2D eigenvalue weighted by Gasteiger charge is 2.41. The highest BCUT2D eigenvalue weighted by molar-refractivity contribution is 7.89. The molecule has 0 aliphatic carbocycles. The summed E-state index contributed by atoms with van der Waals surface area (Å²) in [6.07, 6.45) is 0. The largest absolute Gasteiger partial charge is 0.464 e. The first kappa shape index (κ1) is 18.0. The predicted octanol–water partition coefficient (Wildman–Crippen LogP) is 1.29. The lowest BCUT2D eigenvalue weighted by Crippen LogP contribution is -2.31. The van der Waals surface area contributed by atoms with Gasteiger partial charge in [0.15, 0.2) is 5.69 Å². The molecule has 1 aliphatic rings. The molecular formula is C16H19N3O4S2. The van der Waals surface area contributed by atoms with Gasteiger partial charge in [0, 0.05) is 24.4 Å². The fraction of sp³-hybridized carbons (Fsp3) is 0.375. The van der Waals surface area contributed by atoms with Gasteiger partial charge in [-0.2, -0.15) is 8.68 Å². The van der Waals surface area contributed by atoms with Gasteiger partial charge in [0.2, 0.25) is 10.0 Å². The number of aromatic nitrogens is 1. The number of carbonyl (C=O) groups is 1. The Balaban J connectivity index is 1.92. The van der Waals surface area contributed by atoms with E-state index in [2.05, 4.69) is 9.11 Å². The van der Waals surface area contributed by atoms with Crippen molar-refractivity contribution in [1.82, 2.24) is 8.68 Å². The summed E-state index contributed by atoms with van der Waals surface area (Å²) >= 11 is 0.918. The van der Waals surface area contributed by atoms with Crippen LogP contribution in [0.5, 0.6) is 0 Å². The molecule has 1 saturated heterocycles. The van der Waals surface area contributed by atoms with Crippen molar-refractivity contribution in [3.63, 3.8) is 0 Å². The third-order valence-electron chi connectivity index (χ3n) is 4.47. The summed E-state index contributed by atoms with van der Waals surface area (Å²) in [4.78, 5) is 11.7. The number of nitrogens with zero attached hydrogens (tertiary/aromatic N) is 2. The van der Waals surface area contributed by atoms with Crippen LogP contribution in [0.15, 0.2) is 40.6 Å². The molecule has 0 saturated carbocycles. The van der Waals surface area contributed by atoms with Gasteiger partial charge < -0.3 is 10.5 Å². The maximum Gasteiger partial charge on any atom is 0.359 e. The number of nitrogens with two attached hydrogens (primary N) is 1. The molecule has 0 bridgehead atoms. The maximum absolute atomic E-state index is 13.0. The summed E-state index contributed by atoms with van der Waals surface area (Å²) < 4.78 is 35.9. The lowest BCUT2D eigenvalue weighted by molar-refractivity contribution is 0.0590. The normalized spacial score (nSPS) is 21.4. The van der Waals surface area contributed by atoms with E-state index < -0.39 is 16.0 Å². The van der Waals surface area contributed by atoms with Crippen LogP contribution in [0.2, 0.25) is 0 Å². The van der Waals surface area contributed by atoms with Crippen molar-refractivity contribution in [3.8, 4) is 0 Å². The summed E-state index contributed by atoms with van der Waals surface area (Å²) in [5.74, 6) is -0.714. The first-order chi connectivity index (χ1) is 12.0. The Morgan fingerprint density at radius 2 is 2.08 bits per heavy atom. The Morgan fingerprint density at radius 1 is 1.36 bits per heavy atom. The molecule has 0 spiro atoms. The lowest BCUT2D eigenvalue weighted by atomic mass is 9.89. The van der Waals surface area contributed by atoms with E-state index in [1.54, 1.807) is 0 Å². The minimum absolute atomic E-state index is 0.0188. The van der Waals surface area contributed by atoms with E-state index >= 15 is 0 Å². The number of hydrogen-bond donors (Lipinski definition) is 1. The van der Waals surface area contributed by atoms with E-state index in [0.717, 1.165) is 17.1 Å². The average Bonchev–Trinajstić information content (AvgIpc) is 3.29. The lowest BCUT2D eigenvalue weighted by Gasteiger charge is -2.16. The Bertz CT molecular complexity index is 851. The second-order valence-electron chi connectivity index (χ2n) is 5.85. The second kappa shape index (κ2) is 7.20. The Kier molecular flexibility index (Phi) is 5.19. The number of benzene rings is 1. The van der Waals surface area contributed by atoms with Crippen molar-refractivity contribution < 1.29 is 17.9 Å². The summed E-state index contributed by atoms with van der Waals surface area (Å²) in [6.45, 7) is 1.02. The molecule has 2 N–H and O–H groups in total. The molecule has 25 heavy (non-hydrogen) atoms.